The van der Waals surface area contributed by atoms with Gasteiger partial charge in [-0.25, -0.2) is 9.37 Å². The largest absolute Gasteiger partial charge is 0.302 e. The Bertz CT molecular complexity index is 1190. The molecular weight excluding hydrogens is 421 g/mol. The zero-order valence-electron chi connectivity index (χ0n) is 18.3. The molecule has 32 heavy (non-hydrogen) atoms. The van der Waals surface area contributed by atoms with Crippen LogP contribution < -0.4 is 4.90 Å². The first-order valence-corrected chi connectivity index (χ1v) is 11.7. The Hall–Kier alpha value is -3.09. The lowest BCUT2D eigenvalue weighted by Crippen LogP contribution is -2.38. The van der Waals surface area contributed by atoms with Crippen LogP contribution in [0.15, 0.2) is 72.8 Å². The number of fused-ring (bicyclic) bond motifs is 1. The molecule has 164 valence electrons. The van der Waals surface area contributed by atoms with Crippen molar-refractivity contribution in [1.82, 2.24) is 9.88 Å². The third-order valence-corrected chi connectivity index (χ3v) is 6.63. The smallest absolute Gasteiger partial charge is 0.260 e. The van der Waals surface area contributed by atoms with Crippen LogP contribution in [0, 0.1) is 5.82 Å². The number of likely N-dealkylation sites (N-methyl/N-ethyl adjacent to an activating group) is 1. The summed E-state index contributed by atoms with van der Waals surface area (Å²) in [6.45, 7) is 7.30. The third kappa shape index (κ3) is 4.87. The van der Waals surface area contributed by atoms with Gasteiger partial charge < -0.3 is 4.90 Å². The molecule has 4 aromatic rings. The first-order valence-electron chi connectivity index (χ1n) is 10.8. The number of rotatable bonds is 8. The van der Waals surface area contributed by atoms with Gasteiger partial charge >= 0.3 is 0 Å². The average molecular weight is 448 g/mol. The molecule has 3 aromatic carbocycles. The first-order chi connectivity index (χ1) is 15.6. The lowest BCUT2D eigenvalue weighted by molar-refractivity contribution is 0.0984. The number of carbonyl (C=O) groups excluding carboxylic acids is 1. The molecule has 0 saturated carbocycles. The SMILES string of the molecule is CCN(CC)CCN(C(=O)c1ccc(-c2ccccc2)cc1)c1nc2ccc(F)cc2s1. The summed E-state index contributed by atoms with van der Waals surface area (Å²) in [7, 11) is 0. The number of hydrogen-bond acceptors (Lipinski definition) is 4. The molecule has 0 aliphatic rings. The second-order valence-corrected chi connectivity index (χ2v) is 8.54. The summed E-state index contributed by atoms with van der Waals surface area (Å²) in [5, 5.41) is 0.592. The molecule has 0 spiro atoms. The van der Waals surface area contributed by atoms with Crippen molar-refractivity contribution in [2.75, 3.05) is 31.1 Å². The third-order valence-electron chi connectivity index (χ3n) is 5.59. The molecule has 4 nitrogen and oxygen atoms in total. The van der Waals surface area contributed by atoms with Crippen molar-refractivity contribution in [1.29, 1.82) is 0 Å². The van der Waals surface area contributed by atoms with Gasteiger partial charge in [0.05, 0.1) is 10.2 Å². The molecule has 1 aromatic heterocycles. The number of amides is 1. The minimum absolute atomic E-state index is 0.101. The van der Waals surface area contributed by atoms with Gasteiger partial charge in [0.25, 0.3) is 5.91 Å². The molecular formula is C26H26FN3OS. The van der Waals surface area contributed by atoms with E-state index < -0.39 is 0 Å². The molecule has 0 radical (unpaired) electrons. The van der Waals surface area contributed by atoms with Crippen molar-refractivity contribution in [3.8, 4) is 11.1 Å². The standard InChI is InChI=1S/C26H26FN3OS/c1-3-29(4-2)16-17-30(26-28-23-15-14-22(27)18-24(23)32-26)25(31)21-12-10-20(11-13-21)19-8-6-5-7-9-19/h5-15,18H,3-4,16-17H2,1-2H3. The van der Waals surface area contributed by atoms with Crippen molar-refractivity contribution >= 4 is 32.6 Å². The van der Waals surface area contributed by atoms with Crippen LogP contribution in [0.3, 0.4) is 0 Å². The highest BCUT2D eigenvalue weighted by atomic mass is 32.1. The normalized spacial score (nSPS) is 11.2. The maximum absolute atomic E-state index is 13.7. The summed E-state index contributed by atoms with van der Waals surface area (Å²) in [5.74, 6) is -0.401. The zero-order valence-corrected chi connectivity index (χ0v) is 19.1. The number of carbonyl (C=O) groups is 1. The summed E-state index contributed by atoms with van der Waals surface area (Å²) in [6, 6.07) is 22.3. The van der Waals surface area contributed by atoms with E-state index in [9.17, 15) is 9.18 Å². The molecule has 0 aliphatic carbocycles. The van der Waals surface area contributed by atoms with E-state index in [4.69, 9.17) is 0 Å². The summed E-state index contributed by atoms with van der Waals surface area (Å²) < 4.78 is 14.4. The fourth-order valence-electron chi connectivity index (χ4n) is 3.66. The molecule has 0 atom stereocenters. The first kappa shape index (κ1) is 22.1. The maximum atomic E-state index is 13.7. The Morgan fingerprint density at radius 2 is 1.59 bits per heavy atom. The van der Waals surface area contributed by atoms with Gasteiger partial charge in [0, 0.05) is 18.7 Å². The van der Waals surface area contributed by atoms with Gasteiger partial charge in [-0.2, -0.15) is 0 Å². The van der Waals surface area contributed by atoms with Crippen molar-refractivity contribution in [2.45, 2.75) is 13.8 Å². The van der Waals surface area contributed by atoms with E-state index in [2.05, 4.69) is 23.7 Å². The van der Waals surface area contributed by atoms with Crippen LogP contribution in [0.25, 0.3) is 21.3 Å². The average Bonchev–Trinajstić information content (AvgIpc) is 3.25. The Kier molecular flexibility index (Phi) is 6.93. The molecule has 1 heterocycles. The maximum Gasteiger partial charge on any atom is 0.260 e. The van der Waals surface area contributed by atoms with Crippen LogP contribution in [0.1, 0.15) is 24.2 Å². The van der Waals surface area contributed by atoms with E-state index in [0.29, 0.717) is 22.8 Å². The van der Waals surface area contributed by atoms with Crippen LogP contribution in [-0.4, -0.2) is 42.0 Å². The highest BCUT2D eigenvalue weighted by Crippen LogP contribution is 2.30. The second-order valence-electron chi connectivity index (χ2n) is 7.54. The number of nitrogens with zero attached hydrogens (tertiary/aromatic N) is 3. The fourth-order valence-corrected chi connectivity index (χ4v) is 4.67. The van der Waals surface area contributed by atoms with E-state index in [0.717, 1.165) is 35.5 Å². The predicted octanol–water partition coefficient (Wildman–Crippen LogP) is 6.09. The lowest BCUT2D eigenvalue weighted by atomic mass is 10.0. The van der Waals surface area contributed by atoms with Crippen molar-refractivity contribution in [3.63, 3.8) is 0 Å². The van der Waals surface area contributed by atoms with Crippen LogP contribution >= 0.6 is 11.3 Å². The molecule has 0 N–H and O–H groups in total. The van der Waals surface area contributed by atoms with Gasteiger partial charge in [0.1, 0.15) is 5.82 Å². The molecule has 1 amide bonds. The van der Waals surface area contributed by atoms with Crippen molar-refractivity contribution in [3.05, 3.63) is 84.2 Å². The number of thiazole rings is 1. The van der Waals surface area contributed by atoms with Crippen molar-refractivity contribution in [2.24, 2.45) is 0 Å². The topological polar surface area (TPSA) is 36.4 Å². The van der Waals surface area contributed by atoms with Gasteiger partial charge in [-0.15, -0.1) is 0 Å². The zero-order chi connectivity index (χ0) is 22.5. The minimum atomic E-state index is -0.301. The number of hydrogen-bond donors (Lipinski definition) is 0. The summed E-state index contributed by atoms with van der Waals surface area (Å²) in [4.78, 5) is 22.2. The van der Waals surface area contributed by atoms with Crippen LogP contribution in [0.5, 0.6) is 0 Å². The Balaban J connectivity index is 1.64. The summed E-state index contributed by atoms with van der Waals surface area (Å²) >= 11 is 1.34. The number of benzene rings is 3. The van der Waals surface area contributed by atoms with E-state index in [-0.39, 0.29) is 11.7 Å². The number of aromatic nitrogens is 1. The number of anilines is 1. The van der Waals surface area contributed by atoms with Gasteiger partial charge in [0.2, 0.25) is 0 Å². The molecule has 6 heteroatoms. The van der Waals surface area contributed by atoms with Gasteiger partial charge in [0.15, 0.2) is 5.13 Å². The highest BCUT2D eigenvalue weighted by molar-refractivity contribution is 7.22. The van der Waals surface area contributed by atoms with Crippen LogP contribution in [0.4, 0.5) is 9.52 Å². The molecule has 0 aliphatic heterocycles. The molecule has 4 rings (SSSR count). The molecule has 0 bridgehead atoms. The van der Waals surface area contributed by atoms with E-state index in [1.165, 1.54) is 23.5 Å². The second kappa shape index (κ2) is 10.0. The molecule has 0 saturated heterocycles. The Labute approximate surface area is 191 Å². The van der Waals surface area contributed by atoms with E-state index in [1.54, 1.807) is 11.0 Å². The van der Waals surface area contributed by atoms with Gasteiger partial charge in [-0.3, -0.25) is 9.69 Å². The predicted molar refractivity (Wildman–Crippen MR) is 131 cm³/mol. The highest BCUT2D eigenvalue weighted by Gasteiger charge is 2.22. The Morgan fingerprint density at radius 3 is 2.28 bits per heavy atom. The molecule has 0 unspecified atom stereocenters. The number of halogens is 1. The van der Waals surface area contributed by atoms with Crippen molar-refractivity contribution < 1.29 is 9.18 Å². The Morgan fingerprint density at radius 1 is 0.906 bits per heavy atom. The minimum Gasteiger partial charge on any atom is -0.302 e. The van der Waals surface area contributed by atoms with E-state index >= 15 is 0 Å². The fraction of sp³-hybridized carbons (Fsp3) is 0.231. The van der Waals surface area contributed by atoms with Gasteiger partial charge in [-0.1, -0.05) is 67.6 Å². The monoisotopic (exact) mass is 447 g/mol. The van der Waals surface area contributed by atoms with Crippen LogP contribution in [0.2, 0.25) is 0 Å². The summed E-state index contributed by atoms with van der Waals surface area (Å²) in [6.07, 6.45) is 0. The van der Waals surface area contributed by atoms with Gasteiger partial charge in [-0.05, 0) is 54.5 Å². The van der Waals surface area contributed by atoms with Crippen LogP contribution in [-0.2, 0) is 0 Å². The molecule has 0 fully saturated rings. The summed E-state index contributed by atoms with van der Waals surface area (Å²) in [5.41, 5.74) is 3.48. The quantitative estimate of drug-likeness (QED) is 0.328. The lowest BCUT2D eigenvalue weighted by Gasteiger charge is -2.24. The van der Waals surface area contributed by atoms with E-state index in [1.807, 2.05) is 54.6 Å².